The zero-order chi connectivity index (χ0) is 13.8. The Morgan fingerprint density at radius 1 is 1.35 bits per heavy atom. The van der Waals surface area contributed by atoms with Gasteiger partial charge in [0, 0.05) is 17.4 Å². The van der Waals surface area contributed by atoms with Crippen molar-refractivity contribution in [2.75, 3.05) is 7.05 Å². The van der Waals surface area contributed by atoms with Gasteiger partial charge in [0.2, 0.25) is 5.91 Å². The molecule has 0 heterocycles. The molecule has 0 aromatic heterocycles. The smallest absolute Gasteiger partial charge is 0.249 e. The van der Waals surface area contributed by atoms with Gasteiger partial charge in [-0.2, -0.15) is 0 Å². The fourth-order valence-electron chi connectivity index (χ4n) is 1.67. The lowest BCUT2D eigenvalue weighted by Crippen LogP contribution is -2.51. The maximum absolute atomic E-state index is 12.2. The second-order valence-electron chi connectivity index (χ2n) is 4.90. The summed E-state index contributed by atoms with van der Waals surface area (Å²) < 4.78 is 0. The summed E-state index contributed by atoms with van der Waals surface area (Å²) in [6, 6.07) is 0. The van der Waals surface area contributed by atoms with Crippen molar-refractivity contribution in [2.24, 2.45) is 0 Å². The van der Waals surface area contributed by atoms with Gasteiger partial charge in [-0.1, -0.05) is 40.6 Å². The summed E-state index contributed by atoms with van der Waals surface area (Å²) in [6.07, 6.45) is 3.98. The SMILES string of the molecule is C/C=C(/C)C(=O)N(C)[C@@](C)(C=C(C)C)C(C)Br. The van der Waals surface area contributed by atoms with Crippen molar-refractivity contribution in [3.05, 3.63) is 23.3 Å². The highest BCUT2D eigenvalue weighted by atomic mass is 79.9. The van der Waals surface area contributed by atoms with Crippen molar-refractivity contribution in [1.82, 2.24) is 4.90 Å². The van der Waals surface area contributed by atoms with Crippen LogP contribution in [0.25, 0.3) is 0 Å². The van der Waals surface area contributed by atoms with Crippen LogP contribution in [0, 0.1) is 0 Å². The molecule has 2 atom stereocenters. The van der Waals surface area contributed by atoms with Gasteiger partial charge >= 0.3 is 0 Å². The van der Waals surface area contributed by atoms with Crippen molar-refractivity contribution in [1.29, 1.82) is 0 Å². The first-order valence-corrected chi connectivity index (χ1v) is 6.79. The molecule has 0 saturated heterocycles. The Labute approximate surface area is 114 Å². The van der Waals surface area contributed by atoms with Gasteiger partial charge in [-0.05, 0) is 34.6 Å². The standard InChI is InChI=1S/C14H24BrNO/c1-8-11(4)13(17)16(7)14(6,12(5)15)9-10(2)3/h8-9,12H,1-7H3/b11-8-/t12?,14-/m0/s1. The number of amides is 1. The number of carbonyl (C=O) groups is 1. The van der Waals surface area contributed by atoms with Gasteiger partial charge in [-0.3, -0.25) is 4.79 Å². The molecule has 3 heteroatoms. The van der Waals surface area contributed by atoms with Crippen LogP contribution in [0.3, 0.4) is 0 Å². The lowest BCUT2D eigenvalue weighted by atomic mass is 9.93. The first-order valence-electron chi connectivity index (χ1n) is 5.88. The highest BCUT2D eigenvalue weighted by Crippen LogP contribution is 2.28. The van der Waals surface area contributed by atoms with E-state index in [2.05, 4.69) is 49.7 Å². The maximum Gasteiger partial charge on any atom is 0.249 e. The molecule has 0 saturated carbocycles. The highest BCUT2D eigenvalue weighted by Gasteiger charge is 2.34. The second-order valence-corrected chi connectivity index (χ2v) is 6.27. The molecule has 0 radical (unpaired) electrons. The van der Waals surface area contributed by atoms with Crippen LogP contribution in [0.2, 0.25) is 0 Å². The zero-order valence-corrected chi connectivity index (χ0v) is 13.6. The molecule has 1 amide bonds. The largest absolute Gasteiger partial charge is 0.332 e. The van der Waals surface area contributed by atoms with E-state index >= 15 is 0 Å². The van der Waals surface area contributed by atoms with Gasteiger partial charge < -0.3 is 4.90 Å². The Bertz CT molecular complexity index is 340. The number of carbonyl (C=O) groups excluding carboxylic acids is 1. The topological polar surface area (TPSA) is 20.3 Å². The predicted octanol–water partition coefficient (Wildman–Crippen LogP) is 3.92. The Kier molecular flexibility index (Phi) is 6.17. The van der Waals surface area contributed by atoms with Gasteiger partial charge in [0.1, 0.15) is 0 Å². The Morgan fingerprint density at radius 3 is 2.12 bits per heavy atom. The molecule has 2 nitrogen and oxygen atoms in total. The Balaban J connectivity index is 5.37. The number of hydrogen-bond acceptors (Lipinski definition) is 1. The lowest BCUT2D eigenvalue weighted by Gasteiger charge is -2.39. The Hall–Kier alpha value is -0.570. The Morgan fingerprint density at radius 2 is 1.82 bits per heavy atom. The minimum absolute atomic E-state index is 0.0683. The molecule has 0 aliphatic heterocycles. The number of alkyl halides is 1. The molecule has 0 aliphatic carbocycles. The van der Waals surface area contributed by atoms with E-state index in [9.17, 15) is 4.79 Å². The number of nitrogens with zero attached hydrogens (tertiary/aromatic N) is 1. The molecule has 17 heavy (non-hydrogen) atoms. The van der Waals surface area contributed by atoms with Gasteiger partial charge in [-0.25, -0.2) is 0 Å². The third kappa shape index (κ3) is 3.98. The first-order chi connectivity index (χ1) is 7.66. The van der Waals surface area contributed by atoms with Crippen LogP contribution in [0.5, 0.6) is 0 Å². The van der Waals surface area contributed by atoms with E-state index in [1.54, 1.807) is 4.90 Å². The van der Waals surface area contributed by atoms with Crippen LogP contribution in [-0.4, -0.2) is 28.2 Å². The molecule has 0 aromatic rings. The molecule has 1 unspecified atom stereocenters. The minimum Gasteiger partial charge on any atom is -0.332 e. The summed E-state index contributed by atoms with van der Waals surface area (Å²) in [6.45, 7) is 12.0. The summed E-state index contributed by atoms with van der Waals surface area (Å²) in [5.41, 5.74) is 1.66. The quantitative estimate of drug-likeness (QED) is 0.438. The maximum atomic E-state index is 12.2. The number of rotatable bonds is 4. The fourth-order valence-corrected chi connectivity index (χ4v) is 2.11. The molecule has 0 fully saturated rings. The number of halogens is 1. The number of likely N-dealkylation sites (N-methyl/N-ethyl adjacent to an activating group) is 1. The van der Waals surface area contributed by atoms with Crippen molar-refractivity contribution in [3.63, 3.8) is 0 Å². The molecule has 0 aliphatic rings. The third-order valence-electron chi connectivity index (χ3n) is 3.18. The molecule has 0 rings (SSSR count). The summed E-state index contributed by atoms with van der Waals surface area (Å²) in [4.78, 5) is 14.2. The summed E-state index contributed by atoms with van der Waals surface area (Å²) >= 11 is 3.61. The molecule has 0 bridgehead atoms. The molecule has 0 aromatic carbocycles. The van der Waals surface area contributed by atoms with Crippen molar-refractivity contribution >= 4 is 21.8 Å². The second kappa shape index (κ2) is 6.39. The van der Waals surface area contributed by atoms with E-state index in [1.807, 2.05) is 27.0 Å². The van der Waals surface area contributed by atoms with E-state index in [4.69, 9.17) is 0 Å². The summed E-state index contributed by atoms with van der Waals surface area (Å²) in [5.74, 6) is 0.0683. The molecule has 0 spiro atoms. The molecular weight excluding hydrogens is 278 g/mol. The zero-order valence-electron chi connectivity index (χ0n) is 12.0. The van der Waals surface area contributed by atoms with Crippen LogP contribution in [0.1, 0.15) is 41.5 Å². The molecule has 98 valence electrons. The molecule has 0 N–H and O–H groups in total. The van der Waals surface area contributed by atoms with E-state index in [0.717, 1.165) is 5.57 Å². The number of hydrogen-bond donors (Lipinski definition) is 0. The number of allylic oxidation sites excluding steroid dienone is 2. The predicted molar refractivity (Wildman–Crippen MR) is 78.4 cm³/mol. The van der Waals surface area contributed by atoms with Gasteiger partial charge in [0.05, 0.1) is 5.54 Å². The van der Waals surface area contributed by atoms with Crippen LogP contribution in [-0.2, 0) is 4.79 Å². The van der Waals surface area contributed by atoms with Crippen LogP contribution in [0.15, 0.2) is 23.3 Å². The third-order valence-corrected chi connectivity index (χ3v) is 4.11. The van der Waals surface area contributed by atoms with Crippen LogP contribution in [0.4, 0.5) is 0 Å². The van der Waals surface area contributed by atoms with Gasteiger partial charge in [0.25, 0.3) is 0 Å². The summed E-state index contributed by atoms with van der Waals surface area (Å²) in [5, 5.41) is 0. The van der Waals surface area contributed by atoms with Crippen molar-refractivity contribution in [3.8, 4) is 0 Å². The van der Waals surface area contributed by atoms with Gasteiger partial charge in [0.15, 0.2) is 0 Å². The van der Waals surface area contributed by atoms with Crippen molar-refractivity contribution < 1.29 is 4.79 Å². The molecular formula is C14H24BrNO. The average molecular weight is 302 g/mol. The first kappa shape index (κ1) is 16.4. The lowest BCUT2D eigenvalue weighted by molar-refractivity contribution is -0.129. The van der Waals surface area contributed by atoms with Crippen molar-refractivity contribution in [2.45, 2.75) is 51.9 Å². The monoisotopic (exact) mass is 301 g/mol. The minimum atomic E-state index is -0.319. The van der Waals surface area contributed by atoms with E-state index < -0.39 is 0 Å². The summed E-state index contributed by atoms with van der Waals surface area (Å²) in [7, 11) is 1.85. The van der Waals surface area contributed by atoms with Crippen LogP contribution >= 0.6 is 15.9 Å². The average Bonchev–Trinajstić information content (AvgIpc) is 2.24. The van der Waals surface area contributed by atoms with Crippen LogP contribution < -0.4 is 0 Å². The van der Waals surface area contributed by atoms with E-state index in [-0.39, 0.29) is 16.3 Å². The normalized spacial score (nSPS) is 17.1. The fraction of sp³-hybridized carbons (Fsp3) is 0.643. The van der Waals surface area contributed by atoms with Gasteiger partial charge in [-0.15, -0.1) is 0 Å². The van der Waals surface area contributed by atoms with E-state index in [0.29, 0.717) is 0 Å². The van der Waals surface area contributed by atoms with E-state index in [1.165, 1.54) is 5.57 Å². The highest BCUT2D eigenvalue weighted by molar-refractivity contribution is 9.09.